The average Bonchev–Trinajstić information content (AvgIpc) is 3.58. The Morgan fingerprint density at radius 3 is 2.13 bits per heavy atom. The average molecular weight is 424 g/mol. The Hall–Kier alpha value is -3.03. The van der Waals surface area contributed by atoms with Crippen LogP contribution >= 0.6 is 0 Å². The fourth-order valence-corrected chi connectivity index (χ4v) is 5.09. The van der Waals surface area contributed by atoms with Crippen LogP contribution in [0, 0.1) is 12.7 Å². The second-order valence-electron chi connectivity index (χ2n) is 7.44. The Labute approximate surface area is 175 Å². The first-order chi connectivity index (χ1) is 14.3. The molecule has 0 bridgehead atoms. The maximum Gasteiger partial charge on any atom is 0.269 e. The predicted molar refractivity (Wildman–Crippen MR) is 113 cm³/mol. The molecule has 3 aromatic carbocycles. The van der Waals surface area contributed by atoms with Gasteiger partial charge >= 0.3 is 0 Å². The molecule has 7 heteroatoms. The molecule has 1 aliphatic carbocycles. The van der Waals surface area contributed by atoms with E-state index in [1.54, 1.807) is 37.3 Å². The SMILES string of the molecule is Cc1cc(-c2ccccc2)cc(C(=O)NNS(=O)(=O)C2(c3ccccc3)CC2)c1F. The van der Waals surface area contributed by atoms with Gasteiger partial charge in [0.1, 0.15) is 10.6 Å². The number of hydrazine groups is 1. The third-order valence-electron chi connectivity index (χ3n) is 5.42. The number of hydrogen-bond acceptors (Lipinski definition) is 3. The number of carbonyl (C=O) groups is 1. The summed E-state index contributed by atoms with van der Waals surface area (Å²) in [5.74, 6) is -1.53. The molecular weight excluding hydrogens is 403 g/mol. The summed E-state index contributed by atoms with van der Waals surface area (Å²) in [6.07, 6.45) is 0.915. The quantitative estimate of drug-likeness (QED) is 0.586. The summed E-state index contributed by atoms with van der Waals surface area (Å²) < 4.78 is 39.3. The third-order valence-corrected chi connectivity index (χ3v) is 7.47. The highest BCUT2D eigenvalue weighted by molar-refractivity contribution is 7.90. The van der Waals surface area contributed by atoms with Gasteiger partial charge in [-0.05, 0) is 54.2 Å². The molecule has 30 heavy (non-hydrogen) atoms. The second kappa shape index (κ2) is 7.66. The molecule has 1 saturated carbocycles. The molecule has 0 atom stereocenters. The van der Waals surface area contributed by atoms with Gasteiger partial charge < -0.3 is 0 Å². The van der Waals surface area contributed by atoms with Crippen LogP contribution in [0.15, 0.2) is 72.8 Å². The van der Waals surface area contributed by atoms with Crippen molar-refractivity contribution in [1.82, 2.24) is 10.3 Å². The summed E-state index contributed by atoms with van der Waals surface area (Å²) in [6, 6.07) is 21.2. The zero-order valence-corrected chi connectivity index (χ0v) is 17.2. The molecule has 4 rings (SSSR count). The summed E-state index contributed by atoms with van der Waals surface area (Å²) in [5.41, 5.74) is 4.43. The fraction of sp³-hybridized carbons (Fsp3) is 0.174. The summed E-state index contributed by atoms with van der Waals surface area (Å²) in [6.45, 7) is 1.57. The maximum absolute atomic E-state index is 14.6. The van der Waals surface area contributed by atoms with Gasteiger partial charge in [0.2, 0.25) is 10.0 Å². The number of amides is 1. The third kappa shape index (κ3) is 3.62. The summed E-state index contributed by atoms with van der Waals surface area (Å²) in [5, 5.41) is 0. The van der Waals surface area contributed by atoms with Gasteiger partial charge in [-0.25, -0.2) is 12.8 Å². The Morgan fingerprint density at radius 2 is 1.53 bits per heavy atom. The predicted octanol–water partition coefficient (Wildman–Crippen LogP) is 4.05. The Bertz CT molecular complexity index is 1190. The van der Waals surface area contributed by atoms with Crippen molar-refractivity contribution in [2.75, 3.05) is 0 Å². The number of halogens is 1. The minimum Gasteiger partial charge on any atom is -0.274 e. The number of nitrogens with one attached hydrogen (secondary N) is 2. The molecule has 0 aliphatic heterocycles. The number of rotatable bonds is 6. The van der Waals surface area contributed by atoms with Crippen molar-refractivity contribution in [3.05, 3.63) is 95.3 Å². The van der Waals surface area contributed by atoms with Gasteiger partial charge in [0.15, 0.2) is 0 Å². The Kier molecular flexibility index (Phi) is 5.17. The molecule has 0 saturated heterocycles. The molecule has 154 valence electrons. The summed E-state index contributed by atoms with van der Waals surface area (Å²) in [7, 11) is -3.89. The highest BCUT2D eigenvalue weighted by Gasteiger charge is 2.56. The standard InChI is InChI=1S/C23H21FN2O3S/c1-16-14-18(17-8-4-2-5-9-17)15-20(21(16)24)22(27)25-26-30(28,29)23(12-13-23)19-10-6-3-7-11-19/h2-11,14-15,26H,12-13H2,1H3,(H,25,27). The largest absolute Gasteiger partial charge is 0.274 e. The number of benzene rings is 3. The van der Waals surface area contributed by atoms with Crippen LogP contribution in [0.1, 0.15) is 34.3 Å². The Balaban J connectivity index is 1.57. The molecular formula is C23H21FN2O3S. The van der Waals surface area contributed by atoms with Crippen LogP contribution in [0.4, 0.5) is 4.39 Å². The molecule has 0 aromatic heterocycles. The molecule has 0 radical (unpaired) electrons. The fourth-order valence-electron chi connectivity index (χ4n) is 3.58. The van der Waals surface area contributed by atoms with Crippen LogP contribution in [-0.4, -0.2) is 14.3 Å². The van der Waals surface area contributed by atoms with E-state index in [2.05, 4.69) is 10.3 Å². The smallest absolute Gasteiger partial charge is 0.269 e. The van der Waals surface area contributed by atoms with Crippen LogP contribution in [0.5, 0.6) is 0 Å². The van der Waals surface area contributed by atoms with Crippen molar-refractivity contribution >= 4 is 15.9 Å². The van der Waals surface area contributed by atoms with Crippen LogP contribution in [0.2, 0.25) is 0 Å². The van der Waals surface area contributed by atoms with E-state index in [1.807, 2.05) is 36.4 Å². The maximum atomic E-state index is 14.6. The minimum atomic E-state index is -3.89. The van der Waals surface area contributed by atoms with Gasteiger partial charge in [-0.1, -0.05) is 60.7 Å². The first-order valence-corrected chi connectivity index (χ1v) is 11.1. The zero-order valence-electron chi connectivity index (χ0n) is 16.4. The lowest BCUT2D eigenvalue weighted by atomic mass is 9.99. The molecule has 5 nitrogen and oxygen atoms in total. The van der Waals surface area contributed by atoms with E-state index in [0.29, 0.717) is 29.5 Å². The van der Waals surface area contributed by atoms with E-state index in [1.165, 1.54) is 6.07 Å². The van der Waals surface area contributed by atoms with Crippen molar-refractivity contribution in [3.8, 4) is 11.1 Å². The Morgan fingerprint density at radius 1 is 0.933 bits per heavy atom. The minimum absolute atomic E-state index is 0.221. The number of hydrogen-bond donors (Lipinski definition) is 2. The van der Waals surface area contributed by atoms with Gasteiger partial charge in [-0.15, -0.1) is 4.83 Å². The highest BCUT2D eigenvalue weighted by atomic mass is 32.2. The molecule has 0 unspecified atom stereocenters. The molecule has 0 spiro atoms. The monoisotopic (exact) mass is 424 g/mol. The summed E-state index contributed by atoms with van der Waals surface area (Å²) >= 11 is 0. The van der Waals surface area contributed by atoms with E-state index < -0.39 is 26.5 Å². The van der Waals surface area contributed by atoms with Crippen molar-refractivity contribution in [1.29, 1.82) is 0 Å². The molecule has 2 N–H and O–H groups in total. The van der Waals surface area contributed by atoms with Gasteiger partial charge in [0.05, 0.1) is 5.56 Å². The lowest BCUT2D eigenvalue weighted by Crippen LogP contribution is -2.46. The number of aryl methyl sites for hydroxylation is 1. The van der Waals surface area contributed by atoms with Crippen LogP contribution in [0.3, 0.4) is 0 Å². The normalized spacial score (nSPS) is 14.9. The first-order valence-electron chi connectivity index (χ1n) is 9.57. The van der Waals surface area contributed by atoms with E-state index in [4.69, 9.17) is 0 Å². The highest BCUT2D eigenvalue weighted by Crippen LogP contribution is 2.52. The van der Waals surface area contributed by atoms with Crippen molar-refractivity contribution in [2.45, 2.75) is 24.5 Å². The zero-order chi connectivity index (χ0) is 21.4. The van der Waals surface area contributed by atoms with E-state index >= 15 is 0 Å². The topological polar surface area (TPSA) is 75.3 Å². The van der Waals surface area contributed by atoms with Crippen molar-refractivity contribution in [2.24, 2.45) is 0 Å². The van der Waals surface area contributed by atoms with Gasteiger partial charge in [0.25, 0.3) is 5.91 Å². The second-order valence-corrected chi connectivity index (χ2v) is 9.43. The van der Waals surface area contributed by atoms with E-state index in [9.17, 15) is 17.6 Å². The molecule has 1 aliphatic rings. The van der Waals surface area contributed by atoms with Crippen molar-refractivity contribution in [3.63, 3.8) is 0 Å². The molecule has 1 amide bonds. The van der Waals surface area contributed by atoms with Gasteiger partial charge in [-0.3, -0.25) is 10.2 Å². The van der Waals surface area contributed by atoms with E-state index in [0.717, 1.165) is 5.56 Å². The number of sulfonamides is 1. The molecule has 0 heterocycles. The van der Waals surface area contributed by atoms with Crippen LogP contribution in [0.25, 0.3) is 11.1 Å². The van der Waals surface area contributed by atoms with Crippen molar-refractivity contribution < 1.29 is 17.6 Å². The molecule has 1 fully saturated rings. The van der Waals surface area contributed by atoms with Gasteiger partial charge in [0, 0.05) is 0 Å². The van der Waals surface area contributed by atoms with Gasteiger partial charge in [-0.2, -0.15) is 0 Å². The van der Waals surface area contributed by atoms with Crippen LogP contribution in [-0.2, 0) is 14.8 Å². The first kappa shape index (κ1) is 20.3. The lowest BCUT2D eigenvalue weighted by molar-refractivity contribution is 0.0940. The number of carbonyl (C=O) groups excluding carboxylic acids is 1. The van der Waals surface area contributed by atoms with Crippen LogP contribution < -0.4 is 10.3 Å². The van der Waals surface area contributed by atoms with E-state index in [-0.39, 0.29) is 5.56 Å². The molecule has 3 aromatic rings. The summed E-state index contributed by atoms with van der Waals surface area (Å²) in [4.78, 5) is 14.8. The lowest BCUT2D eigenvalue weighted by Gasteiger charge is -2.18.